The van der Waals surface area contributed by atoms with Crippen LogP contribution in [0.25, 0.3) is 10.9 Å². The third kappa shape index (κ3) is 4.57. The van der Waals surface area contributed by atoms with E-state index in [0.717, 1.165) is 17.3 Å². The van der Waals surface area contributed by atoms with Crippen molar-refractivity contribution in [2.24, 2.45) is 17.8 Å². The van der Waals surface area contributed by atoms with E-state index in [9.17, 15) is 9.59 Å². The predicted molar refractivity (Wildman–Crippen MR) is 125 cm³/mol. The maximum atomic E-state index is 12.9. The Morgan fingerprint density at radius 3 is 2.52 bits per heavy atom. The van der Waals surface area contributed by atoms with E-state index >= 15 is 0 Å². The van der Waals surface area contributed by atoms with Gasteiger partial charge in [-0.3, -0.25) is 14.6 Å². The number of nitrogens with one attached hydrogen (secondary N) is 1. The number of halogens is 1. The average molecular weight is 507 g/mol. The second-order valence-corrected chi connectivity index (χ2v) is 9.90. The Labute approximate surface area is 186 Å². The zero-order valence-electron chi connectivity index (χ0n) is 17.8. The number of amides is 2. The molecule has 1 aromatic heterocycles. The van der Waals surface area contributed by atoms with E-state index in [1.165, 1.54) is 5.56 Å². The fraction of sp³-hybridized carbons (Fsp3) is 0.522. The number of hydrogen-bond donors (Lipinski definition) is 1. The lowest BCUT2D eigenvalue weighted by atomic mass is 9.95. The first-order valence-corrected chi connectivity index (χ1v) is 11.6. The fourth-order valence-corrected chi connectivity index (χ4v) is 5.59. The van der Waals surface area contributed by atoms with Crippen molar-refractivity contribution in [1.82, 2.24) is 15.2 Å². The van der Waals surface area contributed by atoms with Gasteiger partial charge in [0, 0.05) is 17.6 Å². The first kappa shape index (κ1) is 22.0. The SMILES string of the molecule is CC(C)Cc1ccc2nccc(C(=O)NCC(=O)N3C(C)C(C)C(C)C3I)c2c1. The summed E-state index contributed by atoms with van der Waals surface area (Å²) < 4.78 is 0.155. The highest BCUT2D eigenvalue weighted by Gasteiger charge is 2.42. The van der Waals surface area contributed by atoms with Crippen molar-refractivity contribution in [1.29, 1.82) is 0 Å². The first-order valence-electron chi connectivity index (χ1n) is 10.3. The predicted octanol–water partition coefficient (Wildman–Crippen LogP) is 4.43. The summed E-state index contributed by atoms with van der Waals surface area (Å²) >= 11 is 2.34. The van der Waals surface area contributed by atoms with Gasteiger partial charge in [0.15, 0.2) is 0 Å². The van der Waals surface area contributed by atoms with Crippen LogP contribution in [-0.2, 0) is 11.2 Å². The highest BCUT2D eigenvalue weighted by molar-refractivity contribution is 14.1. The molecule has 0 saturated carbocycles. The summed E-state index contributed by atoms with van der Waals surface area (Å²) in [6.07, 6.45) is 2.60. The highest BCUT2D eigenvalue weighted by atomic mass is 127. The normalized spacial score (nSPS) is 24.3. The molecule has 29 heavy (non-hydrogen) atoms. The number of alkyl halides is 1. The molecule has 1 aliphatic rings. The molecule has 6 heteroatoms. The van der Waals surface area contributed by atoms with Gasteiger partial charge in [0.25, 0.3) is 5.91 Å². The van der Waals surface area contributed by atoms with Crippen LogP contribution < -0.4 is 5.32 Å². The van der Waals surface area contributed by atoms with Crippen LogP contribution in [0.3, 0.4) is 0 Å². The van der Waals surface area contributed by atoms with Crippen LogP contribution in [0, 0.1) is 17.8 Å². The molecule has 2 aromatic rings. The largest absolute Gasteiger partial charge is 0.343 e. The van der Waals surface area contributed by atoms with E-state index in [2.05, 4.69) is 73.6 Å². The molecule has 1 fully saturated rings. The summed E-state index contributed by atoms with van der Waals surface area (Å²) in [5.41, 5.74) is 2.54. The number of hydrogen-bond acceptors (Lipinski definition) is 3. The number of carbonyl (C=O) groups is 2. The quantitative estimate of drug-likeness (QED) is 0.370. The summed E-state index contributed by atoms with van der Waals surface area (Å²) in [4.78, 5) is 32.0. The van der Waals surface area contributed by atoms with Gasteiger partial charge in [-0.15, -0.1) is 0 Å². The molecular formula is C23H30IN3O2. The van der Waals surface area contributed by atoms with E-state index in [1.807, 2.05) is 17.0 Å². The molecule has 1 aromatic carbocycles. The van der Waals surface area contributed by atoms with Crippen molar-refractivity contribution in [3.8, 4) is 0 Å². The van der Waals surface area contributed by atoms with Crippen LogP contribution in [0.15, 0.2) is 30.5 Å². The van der Waals surface area contributed by atoms with E-state index in [1.54, 1.807) is 12.3 Å². The minimum atomic E-state index is -0.231. The van der Waals surface area contributed by atoms with Gasteiger partial charge in [-0.25, -0.2) is 0 Å². The van der Waals surface area contributed by atoms with Gasteiger partial charge in [0.05, 0.1) is 21.7 Å². The molecule has 3 rings (SSSR count). The van der Waals surface area contributed by atoms with Gasteiger partial charge in [-0.05, 0) is 54.9 Å². The van der Waals surface area contributed by atoms with Gasteiger partial charge in [-0.2, -0.15) is 0 Å². The van der Waals surface area contributed by atoms with Gasteiger partial charge in [0.1, 0.15) is 0 Å². The molecule has 1 aliphatic heterocycles. The van der Waals surface area contributed by atoms with Crippen LogP contribution in [0.5, 0.6) is 0 Å². The molecular weight excluding hydrogens is 477 g/mol. The number of aromatic nitrogens is 1. The number of nitrogens with zero attached hydrogens (tertiary/aromatic N) is 2. The molecule has 2 heterocycles. The molecule has 4 atom stereocenters. The third-order valence-corrected chi connectivity index (χ3v) is 7.85. The van der Waals surface area contributed by atoms with Crippen molar-refractivity contribution in [2.45, 2.75) is 51.1 Å². The monoisotopic (exact) mass is 507 g/mol. The topological polar surface area (TPSA) is 62.3 Å². The number of pyridine rings is 1. The molecule has 0 radical (unpaired) electrons. The number of likely N-dealkylation sites (tertiary alicyclic amines) is 1. The molecule has 2 amide bonds. The molecule has 0 spiro atoms. The van der Waals surface area contributed by atoms with Crippen molar-refractivity contribution in [3.63, 3.8) is 0 Å². The second kappa shape index (κ2) is 8.98. The Morgan fingerprint density at radius 2 is 1.90 bits per heavy atom. The van der Waals surface area contributed by atoms with Crippen LogP contribution in [-0.4, -0.2) is 38.3 Å². The zero-order chi connectivity index (χ0) is 21.3. The molecule has 1 N–H and O–H groups in total. The van der Waals surface area contributed by atoms with Crippen molar-refractivity contribution < 1.29 is 9.59 Å². The lowest BCUT2D eigenvalue weighted by molar-refractivity contribution is -0.131. The van der Waals surface area contributed by atoms with Gasteiger partial charge in [0.2, 0.25) is 5.91 Å². The van der Waals surface area contributed by atoms with E-state index in [0.29, 0.717) is 23.3 Å². The van der Waals surface area contributed by atoms with Gasteiger partial charge < -0.3 is 10.2 Å². The van der Waals surface area contributed by atoms with Crippen molar-refractivity contribution in [3.05, 3.63) is 41.6 Å². The molecule has 156 valence electrons. The smallest absolute Gasteiger partial charge is 0.252 e. The molecule has 0 aliphatic carbocycles. The number of carbonyl (C=O) groups excluding carboxylic acids is 2. The lowest BCUT2D eigenvalue weighted by Crippen LogP contribution is -2.44. The standard InChI is InChI=1S/C23H30IN3O2/c1-13(2)10-17-6-7-20-19(11-17)18(8-9-25-20)23(29)26-12-21(28)27-16(5)14(3)15(4)22(27)24/h6-9,11,13-16,22H,10,12H2,1-5H3,(H,26,29). The van der Waals surface area contributed by atoms with Crippen LogP contribution in [0.4, 0.5) is 0 Å². The number of fused-ring (bicyclic) bond motifs is 1. The summed E-state index contributed by atoms with van der Waals surface area (Å²) in [5.74, 6) is 1.16. The zero-order valence-corrected chi connectivity index (χ0v) is 19.9. The second-order valence-electron chi connectivity index (χ2n) is 8.62. The highest BCUT2D eigenvalue weighted by Crippen LogP contribution is 2.38. The van der Waals surface area contributed by atoms with Gasteiger partial charge in [-0.1, -0.05) is 56.4 Å². The van der Waals surface area contributed by atoms with E-state index < -0.39 is 0 Å². The van der Waals surface area contributed by atoms with Crippen LogP contribution >= 0.6 is 22.6 Å². The lowest BCUT2D eigenvalue weighted by Gasteiger charge is -2.26. The third-order valence-electron chi connectivity index (χ3n) is 6.11. The van der Waals surface area contributed by atoms with Crippen LogP contribution in [0.1, 0.15) is 50.5 Å². The molecule has 1 saturated heterocycles. The average Bonchev–Trinajstić information content (AvgIpc) is 2.88. The molecule has 0 bridgehead atoms. The summed E-state index contributed by atoms with van der Waals surface area (Å²) in [6, 6.07) is 7.98. The number of benzene rings is 1. The summed E-state index contributed by atoms with van der Waals surface area (Å²) in [6.45, 7) is 10.8. The van der Waals surface area contributed by atoms with Crippen LogP contribution in [0.2, 0.25) is 0 Å². The Balaban J connectivity index is 1.75. The molecule has 4 unspecified atom stereocenters. The van der Waals surface area contributed by atoms with E-state index in [-0.39, 0.29) is 28.4 Å². The van der Waals surface area contributed by atoms with E-state index in [4.69, 9.17) is 0 Å². The Hall–Kier alpha value is -1.70. The maximum absolute atomic E-state index is 12.9. The first-order chi connectivity index (χ1) is 13.7. The summed E-state index contributed by atoms with van der Waals surface area (Å²) in [7, 11) is 0. The Morgan fingerprint density at radius 1 is 1.17 bits per heavy atom. The summed E-state index contributed by atoms with van der Waals surface area (Å²) in [5, 5.41) is 3.67. The minimum absolute atomic E-state index is 0.0115. The maximum Gasteiger partial charge on any atom is 0.252 e. The number of rotatable bonds is 5. The molecule has 5 nitrogen and oxygen atoms in total. The fourth-order valence-electron chi connectivity index (χ4n) is 4.12. The van der Waals surface area contributed by atoms with Crippen molar-refractivity contribution in [2.75, 3.05) is 6.54 Å². The minimum Gasteiger partial charge on any atom is -0.343 e. The van der Waals surface area contributed by atoms with Crippen molar-refractivity contribution >= 4 is 45.3 Å². The Bertz CT molecular complexity index is 900. The van der Waals surface area contributed by atoms with Gasteiger partial charge >= 0.3 is 0 Å². The Kier molecular flexibility index (Phi) is 6.81.